The minimum Gasteiger partial charge on any atom is -0.364 e. The Balaban J connectivity index is 1.50. The summed E-state index contributed by atoms with van der Waals surface area (Å²) in [6, 6.07) is 6.40. The minimum absolute atomic E-state index is 0.0440. The third kappa shape index (κ3) is 2.96. The molecule has 2 fully saturated rings. The first-order valence-corrected chi connectivity index (χ1v) is 9.26. The number of carbonyl (C=O) groups is 1. The average molecular weight is 329 g/mol. The van der Waals surface area contributed by atoms with Crippen LogP contribution in [0.3, 0.4) is 0 Å². The van der Waals surface area contributed by atoms with Gasteiger partial charge in [-0.1, -0.05) is 12.1 Å². The lowest BCUT2D eigenvalue weighted by Crippen LogP contribution is -2.38. The standard InChI is InChI=1S/C19H27N3O2/c20-12-15-6-7-18(24-15)19(23)22-11-8-16-14(4-3-5-17(16)22)13-21-9-1-2-10-21/h3-5,15,18H,1-2,6-13,20H2/t15-,18+/m1/s1. The van der Waals surface area contributed by atoms with Gasteiger partial charge in [-0.25, -0.2) is 0 Å². The molecular weight excluding hydrogens is 302 g/mol. The molecule has 0 unspecified atom stereocenters. The van der Waals surface area contributed by atoms with Crippen molar-refractivity contribution in [3.8, 4) is 0 Å². The molecule has 2 saturated heterocycles. The van der Waals surface area contributed by atoms with Crippen LogP contribution in [0.4, 0.5) is 5.69 Å². The number of anilines is 1. The fraction of sp³-hybridized carbons (Fsp3) is 0.632. The Morgan fingerprint density at radius 2 is 2.04 bits per heavy atom. The van der Waals surface area contributed by atoms with Crippen molar-refractivity contribution < 1.29 is 9.53 Å². The van der Waals surface area contributed by atoms with Crippen LogP contribution in [0.5, 0.6) is 0 Å². The van der Waals surface area contributed by atoms with Gasteiger partial charge in [-0.15, -0.1) is 0 Å². The fourth-order valence-electron chi connectivity index (χ4n) is 4.30. The molecule has 0 bridgehead atoms. The van der Waals surface area contributed by atoms with Crippen molar-refractivity contribution in [1.82, 2.24) is 4.90 Å². The number of nitrogens with two attached hydrogens (primary N) is 1. The predicted molar refractivity (Wildman–Crippen MR) is 94.0 cm³/mol. The highest BCUT2D eigenvalue weighted by atomic mass is 16.5. The normalized spacial score (nSPS) is 27.0. The van der Waals surface area contributed by atoms with E-state index in [1.807, 2.05) is 4.90 Å². The summed E-state index contributed by atoms with van der Waals surface area (Å²) in [7, 11) is 0. The van der Waals surface area contributed by atoms with Gasteiger partial charge < -0.3 is 15.4 Å². The first kappa shape index (κ1) is 16.1. The SMILES string of the molecule is NC[C@H]1CC[C@@H](C(=O)N2CCc3c(CN4CCCC4)cccc32)O1. The van der Waals surface area contributed by atoms with Crippen molar-refractivity contribution in [3.05, 3.63) is 29.3 Å². The van der Waals surface area contributed by atoms with Gasteiger partial charge in [0.1, 0.15) is 6.10 Å². The lowest BCUT2D eigenvalue weighted by atomic mass is 10.0. The van der Waals surface area contributed by atoms with Gasteiger partial charge in [-0.05, 0) is 62.4 Å². The van der Waals surface area contributed by atoms with Crippen molar-refractivity contribution >= 4 is 11.6 Å². The van der Waals surface area contributed by atoms with Crippen molar-refractivity contribution in [1.29, 1.82) is 0 Å². The third-order valence-corrected chi connectivity index (χ3v) is 5.63. The second-order valence-electron chi connectivity index (χ2n) is 7.20. The van der Waals surface area contributed by atoms with Crippen LogP contribution in [0.2, 0.25) is 0 Å². The van der Waals surface area contributed by atoms with Crippen LogP contribution in [0.25, 0.3) is 0 Å². The van der Waals surface area contributed by atoms with Crippen LogP contribution in [0.1, 0.15) is 36.8 Å². The van der Waals surface area contributed by atoms with Gasteiger partial charge in [0.15, 0.2) is 0 Å². The van der Waals surface area contributed by atoms with Crippen molar-refractivity contribution in [2.45, 2.75) is 50.9 Å². The van der Waals surface area contributed by atoms with Gasteiger partial charge in [0.05, 0.1) is 6.10 Å². The molecule has 0 aromatic heterocycles. The second kappa shape index (κ2) is 6.82. The molecule has 130 valence electrons. The molecule has 4 rings (SSSR count). The molecule has 0 saturated carbocycles. The van der Waals surface area contributed by atoms with E-state index < -0.39 is 0 Å². The summed E-state index contributed by atoms with van der Waals surface area (Å²) >= 11 is 0. The van der Waals surface area contributed by atoms with E-state index in [4.69, 9.17) is 10.5 Å². The number of hydrogen-bond acceptors (Lipinski definition) is 4. The highest BCUT2D eigenvalue weighted by Gasteiger charge is 2.36. The quantitative estimate of drug-likeness (QED) is 0.913. The smallest absolute Gasteiger partial charge is 0.256 e. The van der Waals surface area contributed by atoms with Gasteiger partial charge in [-0.2, -0.15) is 0 Å². The zero-order valence-corrected chi connectivity index (χ0v) is 14.2. The van der Waals surface area contributed by atoms with Crippen LogP contribution in [0, 0.1) is 0 Å². The summed E-state index contributed by atoms with van der Waals surface area (Å²) < 4.78 is 5.81. The van der Waals surface area contributed by atoms with E-state index in [9.17, 15) is 4.79 Å². The van der Waals surface area contributed by atoms with Gasteiger partial charge >= 0.3 is 0 Å². The second-order valence-corrected chi connectivity index (χ2v) is 7.20. The highest BCUT2D eigenvalue weighted by Crippen LogP contribution is 2.34. The summed E-state index contributed by atoms with van der Waals surface area (Å²) in [5.41, 5.74) is 9.50. The number of hydrogen-bond donors (Lipinski definition) is 1. The van der Waals surface area contributed by atoms with Crippen LogP contribution in [-0.4, -0.2) is 49.2 Å². The molecule has 2 N–H and O–H groups in total. The summed E-state index contributed by atoms with van der Waals surface area (Å²) in [6.07, 6.45) is 4.98. The Kier molecular flexibility index (Phi) is 4.57. The Morgan fingerprint density at radius 3 is 2.79 bits per heavy atom. The maximum atomic E-state index is 12.9. The van der Waals surface area contributed by atoms with Crippen LogP contribution in [0.15, 0.2) is 18.2 Å². The molecule has 3 heterocycles. The lowest BCUT2D eigenvalue weighted by Gasteiger charge is -2.22. The molecule has 0 radical (unpaired) electrons. The van der Waals surface area contributed by atoms with Crippen LogP contribution >= 0.6 is 0 Å². The molecule has 1 amide bonds. The Hall–Kier alpha value is -1.43. The monoisotopic (exact) mass is 329 g/mol. The molecular formula is C19H27N3O2. The van der Waals surface area contributed by atoms with Crippen molar-refractivity contribution in [2.24, 2.45) is 5.73 Å². The molecule has 0 aliphatic carbocycles. The number of amides is 1. The molecule has 0 spiro atoms. The molecule has 5 nitrogen and oxygen atoms in total. The van der Waals surface area contributed by atoms with E-state index in [0.29, 0.717) is 6.54 Å². The molecule has 5 heteroatoms. The number of ether oxygens (including phenoxy) is 1. The molecule has 1 aromatic carbocycles. The fourth-order valence-corrected chi connectivity index (χ4v) is 4.30. The lowest BCUT2D eigenvalue weighted by molar-refractivity contribution is -0.129. The molecule has 1 aromatic rings. The van der Waals surface area contributed by atoms with E-state index in [-0.39, 0.29) is 18.1 Å². The number of fused-ring (bicyclic) bond motifs is 1. The van der Waals surface area contributed by atoms with Gasteiger partial charge in [0.2, 0.25) is 0 Å². The zero-order chi connectivity index (χ0) is 16.5. The number of benzene rings is 1. The van der Waals surface area contributed by atoms with E-state index in [1.165, 1.54) is 37.1 Å². The largest absolute Gasteiger partial charge is 0.364 e. The molecule has 3 aliphatic heterocycles. The van der Waals surface area contributed by atoms with Gasteiger partial charge in [0.25, 0.3) is 5.91 Å². The number of nitrogens with zero attached hydrogens (tertiary/aromatic N) is 2. The summed E-state index contributed by atoms with van der Waals surface area (Å²) in [5, 5.41) is 0. The third-order valence-electron chi connectivity index (χ3n) is 5.63. The van der Waals surface area contributed by atoms with E-state index in [1.54, 1.807) is 0 Å². The van der Waals surface area contributed by atoms with E-state index in [0.717, 1.165) is 38.0 Å². The highest BCUT2D eigenvalue weighted by molar-refractivity contribution is 5.98. The topological polar surface area (TPSA) is 58.8 Å². The maximum Gasteiger partial charge on any atom is 0.256 e. The number of likely N-dealkylation sites (tertiary alicyclic amines) is 1. The molecule has 2 atom stereocenters. The van der Waals surface area contributed by atoms with Crippen LogP contribution < -0.4 is 10.6 Å². The van der Waals surface area contributed by atoms with Crippen molar-refractivity contribution in [3.63, 3.8) is 0 Å². The first-order chi connectivity index (χ1) is 11.8. The van der Waals surface area contributed by atoms with E-state index >= 15 is 0 Å². The predicted octanol–water partition coefficient (Wildman–Crippen LogP) is 1.68. The summed E-state index contributed by atoms with van der Waals surface area (Å²) in [4.78, 5) is 17.3. The Morgan fingerprint density at radius 1 is 1.21 bits per heavy atom. The van der Waals surface area contributed by atoms with Crippen molar-refractivity contribution in [2.75, 3.05) is 31.1 Å². The van der Waals surface area contributed by atoms with Crippen LogP contribution in [-0.2, 0) is 22.5 Å². The summed E-state index contributed by atoms with van der Waals surface area (Å²) in [6.45, 7) is 4.68. The number of carbonyl (C=O) groups excluding carboxylic acids is 1. The Labute approximate surface area is 143 Å². The average Bonchev–Trinajstić information content (AvgIpc) is 3.34. The van der Waals surface area contributed by atoms with Gasteiger partial charge in [0, 0.05) is 25.3 Å². The van der Waals surface area contributed by atoms with E-state index in [2.05, 4.69) is 23.1 Å². The molecule has 24 heavy (non-hydrogen) atoms. The van der Waals surface area contributed by atoms with Gasteiger partial charge in [-0.3, -0.25) is 9.69 Å². The molecule has 3 aliphatic rings. The zero-order valence-electron chi connectivity index (χ0n) is 14.2. The number of rotatable bonds is 4. The summed E-state index contributed by atoms with van der Waals surface area (Å²) in [5.74, 6) is 0.114. The Bertz CT molecular complexity index is 613. The first-order valence-electron chi connectivity index (χ1n) is 9.26. The maximum absolute atomic E-state index is 12.9. The minimum atomic E-state index is -0.313.